The highest BCUT2D eigenvalue weighted by atomic mass is 35.5. The molecule has 1 saturated heterocycles. The van der Waals surface area contributed by atoms with Crippen LogP contribution in [0.2, 0.25) is 0 Å². The zero-order valence-corrected chi connectivity index (χ0v) is 15.2. The Labute approximate surface area is 147 Å². The minimum absolute atomic E-state index is 0. The lowest BCUT2D eigenvalue weighted by Gasteiger charge is -2.41. The van der Waals surface area contributed by atoms with Crippen molar-refractivity contribution in [1.29, 1.82) is 0 Å². The maximum Gasteiger partial charge on any atom is 0.0377 e. The molecule has 1 heterocycles. The lowest BCUT2D eigenvalue weighted by molar-refractivity contribution is 0.103. The molecule has 0 aromatic heterocycles. The molecular formula is C18H30Cl2N2. The molecule has 0 spiro atoms. The summed E-state index contributed by atoms with van der Waals surface area (Å²) in [6, 6.07) is 9.96. The normalized spacial score (nSPS) is 21.5. The first-order valence-corrected chi connectivity index (χ1v) is 8.36. The minimum Gasteiger partial charge on any atom is -0.314 e. The van der Waals surface area contributed by atoms with Crippen LogP contribution in [0.15, 0.2) is 24.3 Å². The second-order valence-corrected chi connectivity index (χ2v) is 6.54. The summed E-state index contributed by atoms with van der Waals surface area (Å²) >= 11 is 0. The van der Waals surface area contributed by atoms with Crippen molar-refractivity contribution in [3.8, 4) is 0 Å². The van der Waals surface area contributed by atoms with Gasteiger partial charge in [-0.3, -0.25) is 4.90 Å². The summed E-state index contributed by atoms with van der Waals surface area (Å²) in [7, 11) is 0. The van der Waals surface area contributed by atoms with Crippen LogP contribution in [0.1, 0.15) is 49.3 Å². The number of aryl methyl sites for hydroxylation is 1. The molecule has 1 aliphatic carbocycles. The first-order chi connectivity index (χ1) is 9.84. The van der Waals surface area contributed by atoms with Crippen molar-refractivity contribution in [2.45, 2.75) is 45.1 Å². The zero-order valence-electron chi connectivity index (χ0n) is 13.6. The lowest BCUT2D eigenvalue weighted by atomic mass is 9.80. The van der Waals surface area contributed by atoms with Gasteiger partial charge in [0.15, 0.2) is 0 Å². The molecule has 2 fully saturated rings. The van der Waals surface area contributed by atoms with Crippen molar-refractivity contribution in [1.82, 2.24) is 10.2 Å². The van der Waals surface area contributed by atoms with Gasteiger partial charge >= 0.3 is 0 Å². The van der Waals surface area contributed by atoms with E-state index in [0.29, 0.717) is 6.04 Å². The molecular weight excluding hydrogens is 315 g/mol. The van der Waals surface area contributed by atoms with Crippen LogP contribution in [-0.2, 0) is 0 Å². The number of hydrogen-bond donors (Lipinski definition) is 1. The summed E-state index contributed by atoms with van der Waals surface area (Å²) in [6.07, 6.45) is 7.14. The van der Waals surface area contributed by atoms with Crippen LogP contribution in [0.5, 0.6) is 0 Å². The Bertz CT molecular complexity index is 392. The number of nitrogens with one attached hydrogen (secondary N) is 1. The third kappa shape index (κ3) is 4.86. The Morgan fingerprint density at radius 1 is 0.955 bits per heavy atom. The number of hydrogen-bond acceptors (Lipinski definition) is 2. The van der Waals surface area contributed by atoms with Gasteiger partial charge in [0, 0.05) is 32.2 Å². The van der Waals surface area contributed by atoms with Gasteiger partial charge in [-0.05, 0) is 31.2 Å². The van der Waals surface area contributed by atoms with E-state index in [-0.39, 0.29) is 24.8 Å². The molecule has 0 radical (unpaired) electrons. The zero-order chi connectivity index (χ0) is 13.8. The van der Waals surface area contributed by atoms with Gasteiger partial charge in [-0.15, -0.1) is 24.8 Å². The number of rotatable bonds is 3. The summed E-state index contributed by atoms with van der Waals surface area (Å²) < 4.78 is 0. The average molecular weight is 345 g/mol. The largest absolute Gasteiger partial charge is 0.314 e. The maximum absolute atomic E-state index is 3.49. The first kappa shape index (κ1) is 19.8. The molecule has 3 rings (SSSR count). The molecule has 1 saturated carbocycles. The Kier molecular flexibility index (Phi) is 8.78. The third-order valence-electron chi connectivity index (χ3n) is 5.06. The monoisotopic (exact) mass is 344 g/mol. The number of benzene rings is 1. The van der Waals surface area contributed by atoms with Crippen LogP contribution in [-0.4, -0.2) is 31.1 Å². The van der Waals surface area contributed by atoms with Crippen LogP contribution < -0.4 is 5.32 Å². The minimum atomic E-state index is 0. The van der Waals surface area contributed by atoms with Crippen molar-refractivity contribution in [3.05, 3.63) is 35.4 Å². The molecule has 2 aliphatic rings. The smallest absolute Gasteiger partial charge is 0.0377 e. The van der Waals surface area contributed by atoms with E-state index in [1.54, 1.807) is 5.56 Å². The SMILES string of the molecule is Cc1ccc([C@H](C2CCCCC2)N2CCNCC2)cc1.Cl.Cl. The van der Waals surface area contributed by atoms with Gasteiger partial charge in [0.1, 0.15) is 0 Å². The maximum atomic E-state index is 3.49. The second-order valence-electron chi connectivity index (χ2n) is 6.54. The van der Waals surface area contributed by atoms with Gasteiger partial charge < -0.3 is 5.32 Å². The second kappa shape index (κ2) is 9.77. The fourth-order valence-corrected chi connectivity index (χ4v) is 3.95. The first-order valence-electron chi connectivity index (χ1n) is 8.36. The Hall–Kier alpha value is -0.280. The van der Waals surface area contributed by atoms with E-state index in [1.165, 1.54) is 50.8 Å². The standard InChI is InChI=1S/C18H28N2.2ClH/c1-15-7-9-17(10-8-15)18(16-5-3-2-4-6-16)20-13-11-19-12-14-20;;/h7-10,16,18-19H,2-6,11-14H2,1H3;2*1H/t18-;;/m0../s1. The van der Waals surface area contributed by atoms with Crippen molar-refractivity contribution < 1.29 is 0 Å². The molecule has 1 atom stereocenters. The Morgan fingerprint density at radius 2 is 1.55 bits per heavy atom. The fraction of sp³-hybridized carbons (Fsp3) is 0.667. The van der Waals surface area contributed by atoms with Crippen LogP contribution in [0, 0.1) is 12.8 Å². The van der Waals surface area contributed by atoms with Gasteiger partial charge in [-0.2, -0.15) is 0 Å². The van der Waals surface area contributed by atoms with Crippen LogP contribution in [0.3, 0.4) is 0 Å². The van der Waals surface area contributed by atoms with E-state index in [0.717, 1.165) is 19.0 Å². The molecule has 126 valence electrons. The lowest BCUT2D eigenvalue weighted by Crippen LogP contribution is -2.47. The molecule has 0 unspecified atom stereocenters. The molecule has 2 nitrogen and oxygen atoms in total. The van der Waals surface area contributed by atoms with Gasteiger partial charge in [0.2, 0.25) is 0 Å². The van der Waals surface area contributed by atoms with Crippen LogP contribution in [0.4, 0.5) is 0 Å². The average Bonchev–Trinajstić information content (AvgIpc) is 2.52. The van der Waals surface area contributed by atoms with Gasteiger partial charge in [0.25, 0.3) is 0 Å². The van der Waals surface area contributed by atoms with E-state index in [9.17, 15) is 0 Å². The van der Waals surface area contributed by atoms with Crippen molar-refractivity contribution in [3.63, 3.8) is 0 Å². The van der Waals surface area contributed by atoms with Crippen molar-refractivity contribution in [2.75, 3.05) is 26.2 Å². The Balaban J connectivity index is 0.00000121. The van der Waals surface area contributed by atoms with Crippen LogP contribution >= 0.6 is 24.8 Å². The van der Waals surface area contributed by atoms with Gasteiger partial charge in [-0.1, -0.05) is 49.1 Å². The van der Waals surface area contributed by atoms with E-state index in [4.69, 9.17) is 0 Å². The predicted octanol–water partition coefficient (Wildman–Crippen LogP) is 4.37. The molecule has 1 aromatic carbocycles. The molecule has 4 heteroatoms. The van der Waals surface area contributed by atoms with E-state index in [2.05, 4.69) is 41.4 Å². The molecule has 1 aromatic rings. The summed E-state index contributed by atoms with van der Waals surface area (Å²) in [5.41, 5.74) is 2.92. The van der Waals surface area contributed by atoms with E-state index in [1.807, 2.05) is 0 Å². The van der Waals surface area contributed by atoms with Crippen molar-refractivity contribution in [2.24, 2.45) is 5.92 Å². The van der Waals surface area contributed by atoms with Crippen LogP contribution in [0.25, 0.3) is 0 Å². The summed E-state index contributed by atoms with van der Waals surface area (Å²) in [6.45, 7) is 6.89. The number of nitrogens with zero attached hydrogens (tertiary/aromatic N) is 1. The van der Waals surface area contributed by atoms with Gasteiger partial charge in [-0.25, -0.2) is 0 Å². The summed E-state index contributed by atoms with van der Waals surface area (Å²) in [4.78, 5) is 2.73. The highest BCUT2D eigenvalue weighted by molar-refractivity contribution is 5.85. The topological polar surface area (TPSA) is 15.3 Å². The number of halogens is 2. The molecule has 22 heavy (non-hydrogen) atoms. The van der Waals surface area contributed by atoms with E-state index < -0.39 is 0 Å². The highest BCUT2D eigenvalue weighted by Gasteiger charge is 2.30. The third-order valence-corrected chi connectivity index (χ3v) is 5.06. The Morgan fingerprint density at radius 3 is 2.14 bits per heavy atom. The molecule has 0 amide bonds. The quantitative estimate of drug-likeness (QED) is 0.875. The molecule has 1 aliphatic heterocycles. The van der Waals surface area contributed by atoms with Crippen molar-refractivity contribution >= 4 is 24.8 Å². The molecule has 0 bridgehead atoms. The number of piperazine rings is 1. The summed E-state index contributed by atoms with van der Waals surface area (Å²) in [5.74, 6) is 0.865. The summed E-state index contributed by atoms with van der Waals surface area (Å²) in [5, 5.41) is 3.49. The molecule has 1 N–H and O–H groups in total. The van der Waals surface area contributed by atoms with E-state index >= 15 is 0 Å². The highest BCUT2D eigenvalue weighted by Crippen LogP contribution is 2.38. The fourth-order valence-electron chi connectivity index (χ4n) is 3.95. The van der Waals surface area contributed by atoms with Gasteiger partial charge in [0.05, 0.1) is 0 Å². The predicted molar refractivity (Wildman–Crippen MR) is 99.4 cm³/mol.